The normalized spacial score (nSPS) is 29.2. The monoisotopic (exact) mass is 105 g/mol. The molecule has 5 heteroatoms. The molecule has 0 bridgehead atoms. The number of hydrogen-bond acceptors (Lipinski definition) is 5. The summed E-state index contributed by atoms with van der Waals surface area (Å²) in [5.41, 5.74) is 2.08. The third kappa shape index (κ3) is 0.538. The Morgan fingerprint density at radius 2 is 2.67 bits per heavy atom. The summed E-state index contributed by atoms with van der Waals surface area (Å²) in [7, 11) is 0. The van der Waals surface area contributed by atoms with E-state index in [0.717, 1.165) is 0 Å². The Kier molecular flexibility index (Phi) is 0.831. The van der Waals surface area contributed by atoms with Gasteiger partial charge >= 0.3 is 0 Å². The van der Waals surface area contributed by atoms with E-state index in [4.69, 9.17) is 0 Å². The maximum atomic E-state index is 4.36. The van der Waals surface area contributed by atoms with E-state index in [0.29, 0.717) is 0 Å². The SMILES string of the molecule is SC1NN=NO1. The van der Waals surface area contributed by atoms with Crippen LogP contribution in [0.25, 0.3) is 0 Å². The van der Waals surface area contributed by atoms with Crippen LogP contribution in [0.1, 0.15) is 0 Å². The van der Waals surface area contributed by atoms with E-state index < -0.39 is 0 Å². The van der Waals surface area contributed by atoms with Crippen LogP contribution in [0.5, 0.6) is 0 Å². The Bertz CT molecular complexity index is 65.2. The van der Waals surface area contributed by atoms with Gasteiger partial charge in [0.1, 0.15) is 0 Å². The molecule has 1 aliphatic rings. The van der Waals surface area contributed by atoms with Crippen LogP contribution in [-0.4, -0.2) is 5.56 Å². The lowest BCUT2D eigenvalue weighted by atomic mass is 11.3. The largest absolute Gasteiger partial charge is 0.340 e. The molecule has 4 nitrogen and oxygen atoms in total. The molecule has 1 heterocycles. The minimum Gasteiger partial charge on any atom is -0.340 e. The highest BCUT2D eigenvalue weighted by Gasteiger charge is 2.02. The second-order valence-corrected chi connectivity index (χ2v) is 1.24. The van der Waals surface area contributed by atoms with E-state index in [1.54, 1.807) is 0 Å². The van der Waals surface area contributed by atoms with Crippen molar-refractivity contribution in [1.29, 1.82) is 0 Å². The predicted octanol–water partition coefficient (Wildman–Crippen LogP) is 0.102. The van der Waals surface area contributed by atoms with Crippen molar-refractivity contribution in [3.8, 4) is 0 Å². The Balaban J connectivity index is 2.32. The number of nitrogens with zero attached hydrogens (tertiary/aromatic N) is 2. The van der Waals surface area contributed by atoms with Crippen LogP contribution in [0.4, 0.5) is 0 Å². The predicted molar refractivity (Wildman–Crippen MR) is 21.9 cm³/mol. The molecule has 0 amide bonds. The van der Waals surface area contributed by atoms with Crippen molar-refractivity contribution in [3.63, 3.8) is 0 Å². The van der Waals surface area contributed by atoms with Crippen molar-refractivity contribution >= 4 is 12.6 Å². The van der Waals surface area contributed by atoms with Gasteiger partial charge in [0.05, 0.1) is 0 Å². The first kappa shape index (κ1) is 3.73. The van der Waals surface area contributed by atoms with Crippen molar-refractivity contribution in [1.82, 2.24) is 5.43 Å². The van der Waals surface area contributed by atoms with Gasteiger partial charge in [-0.25, -0.2) is 5.43 Å². The van der Waals surface area contributed by atoms with E-state index in [1.165, 1.54) is 0 Å². The fraction of sp³-hybridized carbons (Fsp3) is 1.00. The van der Waals surface area contributed by atoms with E-state index in [2.05, 4.69) is 33.4 Å². The number of thiol groups is 1. The van der Waals surface area contributed by atoms with Crippen molar-refractivity contribution in [3.05, 3.63) is 0 Å². The van der Waals surface area contributed by atoms with Gasteiger partial charge in [0, 0.05) is 5.28 Å². The van der Waals surface area contributed by atoms with Crippen molar-refractivity contribution in [2.24, 2.45) is 10.5 Å². The minimum absolute atomic E-state index is 0.343. The van der Waals surface area contributed by atoms with E-state index in [9.17, 15) is 0 Å². The molecule has 0 aliphatic carbocycles. The second-order valence-electron chi connectivity index (χ2n) is 0.769. The maximum Gasteiger partial charge on any atom is 0.259 e. The summed E-state index contributed by atoms with van der Waals surface area (Å²) in [4.78, 5) is 4.36. The molecular weight excluding hydrogens is 102 g/mol. The zero-order valence-corrected chi connectivity index (χ0v) is 3.72. The second kappa shape index (κ2) is 1.34. The topological polar surface area (TPSA) is 46.0 Å². The molecule has 0 aromatic carbocycles. The summed E-state index contributed by atoms with van der Waals surface area (Å²) in [6.45, 7) is 0. The van der Waals surface area contributed by atoms with Gasteiger partial charge in [-0.2, -0.15) is 0 Å². The molecule has 1 unspecified atom stereocenters. The molecule has 1 N–H and O–H groups in total. The molecule has 0 fully saturated rings. The fourth-order valence-electron chi connectivity index (χ4n) is 0.165. The van der Waals surface area contributed by atoms with Crippen LogP contribution in [0.15, 0.2) is 10.5 Å². The van der Waals surface area contributed by atoms with Gasteiger partial charge in [-0.1, -0.05) is 0 Å². The number of nitrogens with one attached hydrogen (secondary N) is 1. The van der Waals surface area contributed by atoms with Crippen LogP contribution in [0, 0.1) is 0 Å². The highest BCUT2D eigenvalue weighted by atomic mass is 32.1. The molecule has 0 saturated carbocycles. The summed E-state index contributed by atoms with van der Waals surface area (Å²) in [6, 6.07) is 0. The molecule has 34 valence electrons. The molecule has 1 rings (SSSR count). The summed E-state index contributed by atoms with van der Waals surface area (Å²) < 4.78 is 0. The third-order valence-electron chi connectivity index (χ3n) is 0.356. The first-order valence-corrected chi connectivity index (χ1v) is 1.91. The van der Waals surface area contributed by atoms with Crippen LogP contribution in [-0.2, 0) is 4.84 Å². The molecule has 0 aromatic heterocycles. The average molecular weight is 105 g/mol. The Hall–Kier alpha value is -0.450. The van der Waals surface area contributed by atoms with Gasteiger partial charge in [-0.05, 0) is 5.22 Å². The van der Waals surface area contributed by atoms with Gasteiger partial charge in [-0.15, -0.1) is 12.6 Å². The Morgan fingerprint density at radius 3 is 2.83 bits per heavy atom. The Labute approximate surface area is 39.9 Å². The lowest BCUT2D eigenvalue weighted by molar-refractivity contribution is 0.138. The number of hydrogen-bond donors (Lipinski definition) is 2. The lowest BCUT2D eigenvalue weighted by Gasteiger charge is -1.91. The summed E-state index contributed by atoms with van der Waals surface area (Å²) in [5.74, 6) is 0. The first-order valence-electron chi connectivity index (χ1n) is 1.39. The van der Waals surface area contributed by atoms with E-state index in [-0.39, 0.29) is 5.56 Å². The highest BCUT2D eigenvalue weighted by molar-refractivity contribution is 7.80. The molecule has 6 heavy (non-hydrogen) atoms. The van der Waals surface area contributed by atoms with E-state index >= 15 is 0 Å². The van der Waals surface area contributed by atoms with E-state index in [1.807, 2.05) is 0 Å². The fourth-order valence-corrected chi connectivity index (χ4v) is 0.259. The lowest BCUT2D eigenvalue weighted by Crippen LogP contribution is -2.11. The molecule has 0 aromatic rings. The summed E-state index contributed by atoms with van der Waals surface area (Å²) in [6.07, 6.45) is 0. The van der Waals surface area contributed by atoms with Gasteiger partial charge < -0.3 is 4.84 Å². The first-order chi connectivity index (χ1) is 2.89. The average Bonchev–Trinajstić information content (AvgIpc) is 1.86. The van der Waals surface area contributed by atoms with Gasteiger partial charge in [-0.3, -0.25) is 0 Å². The summed E-state index contributed by atoms with van der Waals surface area (Å²) in [5, 5.41) is 6.34. The molecule has 0 radical (unpaired) electrons. The zero-order chi connectivity index (χ0) is 4.41. The van der Waals surface area contributed by atoms with Crippen molar-refractivity contribution in [2.45, 2.75) is 5.56 Å². The van der Waals surface area contributed by atoms with Gasteiger partial charge in [0.2, 0.25) is 0 Å². The maximum absolute atomic E-state index is 4.36. The quantitative estimate of drug-likeness (QED) is 0.429. The smallest absolute Gasteiger partial charge is 0.259 e. The molecule has 0 saturated heterocycles. The summed E-state index contributed by atoms with van der Waals surface area (Å²) >= 11 is 3.77. The van der Waals surface area contributed by atoms with Crippen molar-refractivity contribution in [2.75, 3.05) is 0 Å². The zero-order valence-electron chi connectivity index (χ0n) is 2.83. The van der Waals surface area contributed by atoms with Crippen LogP contribution in [0.2, 0.25) is 0 Å². The highest BCUT2D eigenvalue weighted by Crippen LogP contribution is 1.98. The minimum atomic E-state index is -0.343. The van der Waals surface area contributed by atoms with Crippen LogP contribution >= 0.6 is 12.6 Å². The molecule has 0 spiro atoms. The van der Waals surface area contributed by atoms with Crippen LogP contribution < -0.4 is 5.43 Å². The van der Waals surface area contributed by atoms with Crippen molar-refractivity contribution < 1.29 is 4.84 Å². The van der Waals surface area contributed by atoms with Gasteiger partial charge in [0.15, 0.2) is 0 Å². The third-order valence-corrected chi connectivity index (χ3v) is 0.566. The molecule has 1 aliphatic heterocycles. The standard InChI is InChI=1S/CH3N3OS/c6-1-2-3-4-5-1/h1,6H,(H,2,4). The van der Waals surface area contributed by atoms with Gasteiger partial charge in [0.25, 0.3) is 5.56 Å². The number of rotatable bonds is 0. The Morgan fingerprint density at radius 1 is 1.83 bits per heavy atom. The molecular formula is CH3N3OS. The molecule has 1 atom stereocenters. The van der Waals surface area contributed by atoms with Crippen LogP contribution in [0.3, 0.4) is 0 Å².